The normalized spacial score (nSPS) is 11.2. The van der Waals surface area contributed by atoms with Crippen molar-refractivity contribution >= 4 is 16.7 Å². The monoisotopic (exact) mass is 424 g/mol. The van der Waals surface area contributed by atoms with Gasteiger partial charge in [-0.25, -0.2) is 14.8 Å². The van der Waals surface area contributed by atoms with Crippen LogP contribution < -0.4 is 10.4 Å². The standard InChI is InChI=1S/C21H24N6O3.CH4/c1-25(8-9-29-2)12-16-10-18-19(22-11-16)26(21(28)27-20(18)23-14-24-27)13-15-4-6-17(30-3)7-5-15;/h4-7,10-11,14H,8-9,12-13H2,1-3H3;1H4. The summed E-state index contributed by atoms with van der Waals surface area (Å²) in [5, 5.41) is 4.92. The molecule has 4 rings (SSSR count). The maximum absolute atomic E-state index is 13.0. The molecule has 0 saturated heterocycles. The highest BCUT2D eigenvalue weighted by atomic mass is 16.5. The van der Waals surface area contributed by atoms with Crippen LogP contribution in [-0.4, -0.2) is 63.5 Å². The number of pyridine rings is 1. The number of hydrogen-bond acceptors (Lipinski definition) is 7. The molecular weight excluding hydrogens is 396 g/mol. The number of hydrogen-bond donors (Lipinski definition) is 0. The Labute approximate surface area is 180 Å². The molecule has 0 radical (unpaired) electrons. The quantitative estimate of drug-likeness (QED) is 0.429. The van der Waals surface area contributed by atoms with Gasteiger partial charge in [-0.2, -0.15) is 9.61 Å². The van der Waals surface area contributed by atoms with Gasteiger partial charge in [-0.3, -0.25) is 9.47 Å². The molecule has 0 saturated carbocycles. The molecule has 3 heterocycles. The molecule has 4 aromatic rings. The molecule has 3 aromatic heterocycles. The van der Waals surface area contributed by atoms with Gasteiger partial charge < -0.3 is 9.47 Å². The van der Waals surface area contributed by atoms with Crippen molar-refractivity contribution in [3.05, 3.63) is 64.5 Å². The SMILES string of the molecule is C.COCCN(C)Cc1cnc2c(c1)c1ncnn1c(=O)n2Cc1ccc(OC)cc1. The number of benzene rings is 1. The second kappa shape index (κ2) is 9.67. The van der Waals surface area contributed by atoms with Crippen LogP contribution in [0.3, 0.4) is 0 Å². The van der Waals surface area contributed by atoms with Gasteiger partial charge in [-0.15, -0.1) is 0 Å². The summed E-state index contributed by atoms with van der Waals surface area (Å²) in [4.78, 5) is 24.1. The number of nitrogens with zero attached hydrogens (tertiary/aromatic N) is 6. The van der Waals surface area contributed by atoms with Gasteiger partial charge in [0.2, 0.25) is 0 Å². The van der Waals surface area contributed by atoms with Crippen LogP contribution in [0.5, 0.6) is 5.75 Å². The van der Waals surface area contributed by atoms with Gasteiger partial charge in [0.1, 0.15) is 17.7 Å². The van der Waals surface area contributed by atoms with Gasteiger partial charge in [-0.05, 0) is 36.4 Å². The van der Waals surface area contributed by atoms with Gasteiger partial charge >= 0.3 is 5.69 Å². The maximum atomic E-state index is 13.0. The van der Waals surface area contributed by atoms with Gasteiger partial charge in [-0.1, -0.05) is 19.6 Å². The van der Waals surface area contributed by atoms with E-state index in [-0.39, 0.29) is 13.1 Å². The molecular formula is C22H28N6O3. The minimum absolute atomic E-state index is 0. The first-order valence-electron chi connectivity index (χ1n) is 9.62. The van der Waals surface area contributed by atoms with Crippen LogP contribution in [0.2, 0.25) is 0 Å². The lowest BCUT2D eigenvalue weighted by atomic mass is 10.2. The number of methoxy groups -OCH3 is 2. The third-order valence-corrected chi connectivity index (χ3v) is 5.01. The fourth-order valence-corrected chi connectivity index (χ4v) is 3.43. The first-order chi connectivity index (χ1) is 14.6. The van der Waals surface area contributed by atoms with E-state index in [1.165, 1.54) is 10.8 Å². The van der Waals surface area contributed by atoms with Crippen LogP contribution in [0.15, 0.2) is 47.7 Å². The zero-order valence-electron chi connectivity index (χ0n) is 17.3. The third-order valence-electron chi connectivity index (χ3n) is 5.01. The predicted octanol–water partition coefficient (Wildman–Crippen LogP) is 2.21. The summed E-state index contributed by atoms with van der Waals surface area (Å²) in [7, 11) is 5.34. The Morgan fingerprint density at radius 1 is 1.06 bits per heavy atom. The Morgan fingerprint density at radius 2 is 1.84 bits per heavy atom. The summed E-state index contributed by atoms with van der Waals surface area (Å²) in [6, 6.07) is 9.64. The smallest absolute Gasteiger partial charge is 0.352 e. The van der Waals surface area contributed by atoms with Crippen molar-refractivity contribution < 1.29 is 9.47 Å². The first-order valence-corrected chi connectivity index (χ1v) is 9.62. The Hall–Kier alpha value is -3.30. The Balaban J connectivity index is 0.00000272. The van der Waals surface area contributed by atoms with Crippen molar-refractivity contribution in [1.29, 1.82) is 0 Å². The van der Waals surface area contributed by atoms with Gasteiger partial charge in [0, 0.05) is 26.4 Å². The van der Waals surface area contributed by atoms with Gasteiger partial charge in [0.25, 0.3) is 0 Å². The van der Waals surface area contributed by atoms with Crippen molar-refractivity contribution in [2.24, 2.45) is 0 Å². The zero-order valence-corrected chi connectivity index (χ0v) is 17.3. The Morgan fingerprint density at radius 3 is 2.55 bits per heavy atom. The Kier molecular flexibility index (Phi) is 6.98. The molecule has 31 heavy (non-hydrogen) atoms. The van der Waals surface area contributed by atoms with Crippen LogP contribution in [0, 0.1) is 0 Å². The van der Waals surface area contributed by atoms with Gasteiger partial charge in [0.15, 0.2) is 5.65 Å². The Bertz CT molecular complexity index is 1220. The first kappa shape index (κ1) is 22.4. The molecule has 0 bridgehead atoms. The summed E-state index contributed by atoms with van der Waals surface area (Å²) in [5.41, 5.74) is 2.81. The molecule has 0 aliphatic rings. The van der Waals surface area contributed by atoms with E-state index < -0.39 is 0 Å². The van der Waals surface area contributed by atoms with Crippen molar-refractivity contribution in [2.45, 2.75) is 20.5 Å². The minimum atomic E-state index is -0.275. The second-order valence-corrected chi connectivity index (χ2v) is 7.16. The summed E-state index contributed by atoms with van der Waals surface area (Å²) in [5.74, 6) is 0.767. The molecule has 0 aliphatic heterocycles. The molecule has 0 spiro atoms. The lowest BCUT2D eigenvalue weighted by Gasteiger charge is -2.17. The van der Waals surface area contributed by atoms with Gasteiger partial charge in [0.05, 0.1) is 25.6 Å². The zero-order chi connectivity index (χ0) is 21.1. The van der Waals surface area contributed by atoms with Crippen molar-refractivity contribution in [1.82, 2.24) is 29.0 Å². The maximum Gasteiger partial charge on any atom is 0.352 e. The van der Waals surface area contributed by atoms with Crippen LogP contribution in [0.1, 0.15) is 18.6 Å². The van der Waals surface area contributed by atoms with E-state index in [0.29, 0.717) is 31.0 Å². The molecule has 0 amide bonds. The molecule has 0 atom stereocenters. The van der Waals surface area contributed by atoms with E-state index in [4.69, 9.17) is 9.47 Å². The highest BCUT2D eigenvalue weighted by molar-refractivity contribution is 5.89. The van der Waals surface area contributed by atoms with Crippen molar-refractivity contribution in [3.8, 4) is 5.75 Å². The van der Waals surface area contributed by atoms with Crippen molar-refractivity contribution in [2.75, 3.05) is 34.4 Å². The molecule has 9 heteroatoms. The average Bonchev–Trinajstić information content (AvgIpc) is 3.26. The van der Waals surface area contributed by atoms with E-state index in [0.717, 1.165) is 28.8 Å². The van der Waals surface area contributed by atoms with Crippen LogP contribution in [0.25, 0.3) is 16.7 Å². The molecule has 164 valence electrons. The van der Waals surface area contributed by atoms with Crippen LogP contribution >= 0.6 is 0 Å². The fourth-order valence-electron chi connectivity index (χ4n) is 3.43. The number of rotatable bonds is 8. The van der Waals surface area contributed by atoms with E-state index in [9.17, 15) is 4.79 Å². The number of likely N-dealkylation sites (N-methyl/N-ethyl adjacent to an activating group) is 1. The van der Waals surface area contributed by atoms with Crippen molar-refractivity contribution in [3.63, 3.8) is 0 Å². The fraction of sp³-hybridized carbons (Fsp3) is 0.364. The highest BCUT2D eigenvalue weighted by Gasteiger charge is 2.15. The predicted molar refractivity (Wildman–Crippen MR) is 120 cm³/mol. The summed E-state index contributed by atoms with van der Waals surface area (Å²) in [6.45, 7) is 2.55. The van der Waals surface area contributed by atoms with E-state index in [1.54, 1.807) is 18.8 Å². The topological polar surface area (TPSA) is 86.8 Å². The highest BCUT2D eigenvalue weighted by Crippen LogP contribution is 2.19. The summed E-state index contributed by atoms with van der Waals surface area (Å²) >= 11 is 0. The third kappa shape index (κ3) is 4.57. The number of aromatic nitrogens is 5. The molecule has 9 nitrogen and oxygen atoms in total. The van der Waals surface area contributed by atoms with E-state index >= 15 is 0 Å². The second-order valence-electron chi connectivity index (χ2n) is 7.16. The molecule has 0 N–H and O–H groups in total. The lowest BCUT2D eigenvalue weighted by molar-refractivity contribution is 0.158. The van der Waals surface area contributed by atoms with E-state index in [1.807, 2.05) is 43.6 Å². The molecule has 0 fully saturated rings. The average molecular weight is 425 g/mol. The van der Waals surface area contributed by atoms with E-state index in [2.05, 4.69) is 20.0 Å². The van der Waals surface area contributed by atoms with Crippen LogP contribution in [-0.2, 0) is 17.8 Å². The van der Waals surface area contributed by atoms with Crippen LogP contribution in [0.4, 0.5) is 0 Å². The lowest BCUT2D eigenvalue weighted by Crippen LogP contribution is -2.29. The molecule has 1 aromatic carbocycles. The largest absolute Gasteiger partial charge is 0.497 e. The summed E-state index contributed by atoms with van der Waals surface area (Å²) < 4.78 is 13.3. The molecule has 0 unspecified atom stereocenters. The summed E-state index contributed by atoms with van der Waals surface area (Å²) in [6.07, 6.45) is 3.20. The minimum Gasteiger partial charge on any atom is -0.497 e. The number of ether oxygens (including phenoxy) is 2. The molecule has 0 aliphatic carbocycles. The number of fused-ring (bicyclic) bond motifs is 3.